The summed E-state index contributed by atoms with van der Waals surface area (Å²) in [5.41, 5.74) is 2.12. The Morgan fingerprint density at radius 2 is 1.93 bits per heavy atom. The molecule has 156 valence electrons. The molecule has 0 spiro atoms. The highest BCUT2D eigenvalue weighted by Crippen LogP contribution is 2.28. The molecule has 0 fully saturated rings. The second-order valence-electron chi connectivity index (χ2n) is 5.72. The van der Waals surface area contributed by atoms with Crippen LogP contribution in [0.1, 0.15) is 11.3 Å². The van der Waals surface area contributed by atoms with E-state index >= 15 is 0 Å². The summed E-state index contributed by atoms with van der Waals surface area (Å²) in [6.07, 6.45) is 1.84. The van der Waals surface area contributed by atoms with Crippen LogP contribution in [0.3, 0.4) is 0 Å². The number of pyridine rings is 1. The Bertz CT molecular complexity index is 1130. The van der Waals surface area contributed by atoms with Crippen LogP contribution in [0.25, 0.3) is 0 Å². The molecular weight excluding hydrogens is 448 g/mol. The Morgan fingerprint density at radius 1 is 1.23 bits per heavy atom. The Morgan fingerprint density at radius 3 is 2.50 bits per heavy atom. The maximum atomic E-state index is 12.0. The maximum Gasteiger partial charge on any atom is 0.333 e. The molecule has 11 heteroatoms. The summed E-state index contributed by atoms with van der Waals surface area (Å²) >= 11 is 6.14. The number of carbonyl (C=O) groups excluding carboxylic acids is 2. The first kappa shape index (κ1) is 23.3. The number of benzene rings is 1. The number of halogens is 1. The normalized spacial score (nSPS) is 11.5. The number of nitrogens with one attached hydrogen (secondary N) is 2. The third kappa shape index (κ3) is 6.55. The van der Waals surface area contributed by atoms with Crippen molar-refractivity contribution in [1.29, 1.82) is 0 Å². The zero-order valence-corrected chi connectivity index (χ0v) is 18.1. The molecular formula is C19H17ClN4O4S2. The zero-order valence-electron chi connectivity index (χ0n) is 15.8. The number of aryl methyl sites for hydroxylation is 1. The first-order valence-corrected chi connectivity index (χ1v) is 10.9. The minimum atomic E-state index is -4.16. The molecule has 1 aromatic carbocycles. The van der Waals surface area contributed by atoms with Crippen LogP contribution in [-0.4, -0.2) is 31.4 Å². The van der Waals surface area contributed by atoms with Crippen molar-refractivity contribution in [2.75, 3.05) is 5.32 Å². The number of thioether (sulfide) groups is 1. The van der Waals surface area contributed by atoms with E-state index in [1.807, 2.05) is 19.1 Å². The van der Waals surface area contributed by atoms with Gasteiger partial charge < -0.3 is 5.32 Å². The number of aldehydes is 1. The molecule has 0 saturated heterocycles. The highest BCUT2D eigenvalue weighted by molar-refractivity contribution is 8.21. The van der Waals surface area contributed by atoms with Gasteiger partial charge >= 0.3 is 6.03 Å². The molecule has 1 aromatic heterocycles. The Hall–Kier alpha value is -2.95. The number of rotatable bonds is 8. The van der Waals surface area contributed by atoms with E-state index in [1.165, 1.54) is 18.3 Å². The lowest BCUT2D eigenvalue weighted by Gasteiger charge is -2.10. The van der Waals surface area contributed by atoms with E-state index in [0.29, 0.717) is 23.7 Å². The first-order valence-electron chi connectivity index (χ1n) is 8.23. The summed E-state index contributed by atoms with van der Waals surface area (Å²) in [6, 6.07) is 9.21. The number of urea groups is 1. The molecule has 2 rings (SSSR count). The number of hydrogen-bond acceptors (Lipinski definition) is 7. The summed E-state index contributed by atoms with van der Waals surface area (Å²) < 4.78 is 25.4. The Balaban J connectivity index is 2.11. The van der Waals surface area contributed by atoms with Crippen LogP contribution >= 0.6 is 23.4 Å². The van der Waals surface area contributed by atoms with Gasteiger partial charge in [0.2, 0.25) is 0 Å². The molecule has 2 amide bonds. The minimum absolute atomic E-state index is 0.0103. The third-order valence-electron chi connectivity index (χ3n) is 3.50. The van der Waals surface area contributed by atoms with Crippen LogP contribution in [-0.2, 0) is 14.8 Å². The van der Waals surface area contributed by atoms with Gasteiger partial charge in [-0.1, -0.05) is 54.7 Å². The van der Waals surface area contributed by atoms with Gasteiger partial charge in [0.25, 0.3) is 10.0 Å². The van der Waals surface area contributed by atoms with Gasteiger partial charge in [-0.15, -0.1) is 0 Å². The number of carbonyl (C=O) groups is 2. The lowest BCUT2D eigenvalue weighted by molar-refractivity contribution is -0.102. The number of amides is 2. The molecule has 0 aliphatic rings. The van der Waals surface area contributed by atoms with E-state index < -0.39 is 16.1 Å². The fourth-order valence-electron chi connectivity index (χ4n) is 2.10. The van der Waals surface area contributed by atoms with E-state index in [0.717, 1.165) is 5.56 Å². The number of anilines is 1. The standard InChI is InChI=1S/C19H17ClN4O4S2/c1-12-6-4-5-7-16(12)23-18(11-25)17-9-8-15(10-21-17)22-19(26)24-30(27,28)14(3)29-13(2)20/h4-11H,2-3H2,1H3,(H2,22,24,26). The molecule has 0 aliphatic carbocycles. The molecule has 0 radical (unpaired) electrons. The van der Waals surface area contributed by atoms with E-state index in [2.05, 4.69) is 28.5 Å². The lowest BCUT2D eigenvalue weighted by atomic mass is 10.2. The van der Waals surface area contributed by atoms with Crippen molar-refractivity contribution < 1.29 is 18.0 Å². The Kier molecular flexibility index (Phi) is 7.93. The van der Waals surface area contributed by atoms with Crippen molar-refractivity contribution in [2.45, 2.75) is 6.92 Å². The molecule has 0 saturated carbocycles. The van der Waals surface area contributed by atoms with Gasteiger partial charge in [0.1, 0.15) is 9.95 Å². The first-order chi connectivity index (χ1) is 14.1. The van der Waals surface area contributed by atoms with E-state index in [9.17, 15) is 18.0 Å². The second-order valence-corrected chi connectivity index (χ2v) is 9.55. The molecule has 1 heterocycles. The summed E-state index contributed by atoms with van der Waals surface area (Å²) in [5.74, 6) is 0. The highest BCUT2D eigenvalue weighted by atomic mass is 35.5. The summed E-state index contributed by atoms with van der Waals surface area (Å²) in [5, 5.41) is 2.32. The largest absolute Gasteiger partial charge is 0.333 e. The molecule has 8 nitrogen and oxygen atoms in total. The van der Waals surface area contributed by atoms with Gasteiger partial charge in [-0.3, -0.25) is 9.78 Å². The van der Waals surface area contributed by atoms with Gasteiger partial charge in [0, 0.05) is 0 Å². The van der Waals surface area contributed by atoms with Gasteiger partial charge in [-0.05, 0) is 30.7 Å². The van der Waals surface area contributed by atoms with Crippen LogP contribution in [0.4, 0.5) is 16.2 Å². The summed E-state index contributed by atoms with van der Waals surface area (Å²) in [6.45, 7) is 8.55. The number of nitrogens with zero attached hydrogens (tertiary/aromatic N) is 2. The van der Waals surface area contributed by atoms with Gasteiger partial charge in [0.05, 0.1) is 27.6 Å². The zero-order chi connectivity index (χ0) is 22.3. The number of aromatic nitrogens is 1. The number of sulfonamides is 1. The average Bonchev–Trinajstić information content (AvgIpc) is 2.67. The maximum absolute atomic E-state index is 12.0. The van der Waals surface area contributed by atoms with Crippen molar-refractivity contribution in [3.63, 3.8) is 0 Å². The van der Waals surface area contributed by atoms with Crippen LogP contribution in [0.2, 0.25) is 0 Å². The SMILES string of the molecule is C=C(Cl)SC(=C)S(=O)(=O)NC(=O)Nc1ccc(C(C=O)=Nc2ccccc2C)nc1. The lowest BCUT2D eigenvalue weighted by Crippen LogP contribution is -2.34. The molecule has 0 unspecified atom stereocenters. The van der Waals surface area contributed by atoms with Crippen molar-refractivity contribution >= 4 is 62.8 Å². The second kappa shape index (κ2) is 10.2. The van der Waals surface area contributed by atoms with Crippen LogP contribution < -0.4 is 10.0 Å². The molecule has 2 aromatic rings. The summed E-state index contributed by atoms with van der Waals surface area (Å²) in [4.78, 5) is 31.8. The van der Waals surface area contributed by atoms with Gasteiger partial charge in [0.15, 0.2) is 6.29 Å². The van der Waals surface area contributed by atoms with Crippen LogP contribution in [0.5, 0.6) is 0 Å². The average molecular weight is 465 g/mol. The van der Waals surface area contributed by atoms with E-state index in [1.54, 1.807) is 16.9 Å². The monoisotopic (exact) mass is 464 g/mol. The van der Waals surface area contributed by atoms with E-state index in [-0.39, 0.29) is 25.7 Å². The molecule has 30 heavy (non-hydrogen) atoms. The quantitative estimate of drug-likeness (QED) is 0.449. The molecule has 0 atom stereocenters. The smallest absolute Gasteiger partial charge is 0.306 e. The topological polar surface area (TPSA) is 118 Å². The minimum Gasteiger partial charge on any atom is -0.306 e. The van der Waals surface area contributed by atoms with Crippen molar-refractivity contribution in [3.05, 3.63) is 75.6 Å². The molecule has 0 aliphatic heterocycles. The van der Waals surface area contributed by atoms with Crippen molar-refractivity contribution in [2.24, 2.45) is 4.99 Å². The number of para-hydroxylation sites is 1. The molecule has 2 N–H and O–H groups in total. The van der Waals surface area contributed by atoms with Crippen LogP contribution in [0, 0.1) is 6.92 Å². The predicted octanol–water partition coefficient (Wildman–Crippen LogP) is 4.08. The number of hydrogen-bond donors (Lipinski definition) is 2. The Labute approximate surface area is 183 Å². The van der Waals surface area contributed by atoms with Crippen LogP contribution in [0.15, 0.2) is 69.3 Å². The fourth-order valence-corrected chi connectivity index (χ4v) is 4.03. The van der Waals surface area contributed by atoms with Crippen molar-refractivity contribution in [3.8, 4) is 0 Å². The van der Waals surface area contributed by atoms with Gasteiger partial charge in [-0.25, -0.2) is 22.9 Å². The van der Waals surface area contributed by atoms with E-state index in [4.69, 9.17) is 11.6 Å². The van der Waals surface area contributed by atoms with Gasteiger partial charge in [-0.2, -0.15) is 0 Å². The fraction of sp³-hybridized carbons (Fsp3) is 0.0526. The predicted molar refractivity (Wildman–Crippen MR) is 120 cm³/mol. The number of aliphatic imine (C=N–C) groups is 1. The highest BCUT2D eigenvalue weighted by Gasteiger charge is 2.20. The molecule has 0 bridgehead atoms. The van der Waals surface area contributed by atoms with Crippen molar-refractivity contribution in [1.82, 2.24) is 9.71 Å². The summed E-state index contributed by atoms with van der Waals surface area (Å²) in [7, 11) is -4.16. The third-order valence-corrected chi connectivity index (χ3v) is 6.15.